The highest BCUT2D eigenvalue weighted by molar-refractivity contribution is 5.93. The van der Waals surface area contributed by atoms with Gasteiger partial charge < -0.3 is 4.74 Å². The van der Waals surface area contributed by atoms with Crippen molar-refractivity contribution < 1.29 is 14.4 Å². The first kappa shape index (κ1) is 9.47. The molecular weight excluding hydrogens is 172 g/mol. The first-order valence-electron chi connectivity index (χ1n) is 3.60. The number of hydrogen-bond donors (Lipinski definition) is 1. The van der Waals surface area contributed by atoms with Gasteiger partial charge in [0, 0.05) is 6.20 Å². The minimum Gasteiger partial charge on any atom is -0.495 e. The van der Waals surface area contributed by atoms with E-state index in [1.54, 1.807) is 6.07 Å². The molecule has 0 saturated carbocycles. The Morgan fingerprint density at radius 2 is 2.23 bits per heavy atom. The van der Waals surface area contributed by atoms with E-state index in [0.29, 0.717) is 11.3 Å². The molecule has 13 heavy (non-hydrogen) atoms. The van der Waals surface area contributed by atoms with E-state index in [2.05, 4.69) is 15.3 Å². The van der Waals surface area contributed by atoms with Gasteiger partial charge in [0.15, 0.2) is 0 Å². The SMILES string of the molecule is CONC(=O)c1cncc(OC)c1. The van der Waals surface area contributed by atoms with Crippen LogP contribution in [0.5, 0.6) is 5.75 Å². The largest absolute Gasteiger partial charge is 0.495 e. The quantitative estimate of drug-likeness (QED) is 0.686. The standard InChI is InChI=1S/C8H10N2O3/c1-12-7-3-6(4-9-5-7)8(11)10-13-2/h3-5H,1-2H3,(H,10,11). The average Bonchev–Trinajstić information content (AvgIpc) is 2.18. The summed E-state index contributed by atoms with van der Waals surface area (Å²) in [5, 5.41) is 0. The number of pyridine rings is 1. The van der Waals surface area contributed by atoms with E-state index in [4.69, 9.17) is 4.74 Å². The molecule has 0 radical (unpaired) electrons. The monoisotopic (exact) mass is 182 g/mol. The molecule has 0 aliphatic rings. The number of rotatable bonds is 3. The fourth-order valence-corrected chi connectivity index (χ4v) is 0.806. The molecule has 70 valence electrons. The van der Waals surface area contributed by atoms with Gasteiger partial charge in [0.25, 0.3) is 5.91 Å². The van der Waals surface area contributed by atoms with Crippen LogP contribution in [0.2, 0.25) is 0 Å². The molecule has 5 nitrogen and oxygen atoms in total. The molecule has 0 spiro atoms. The van der Waals surface area contributed by atoms with Gasteiger partial charge in [-0.2, -0.15) is 0 Å². The Hall–Kier alpha value is -1.62. The van der Waals surface area contributed by atoms with Crippen molar-refractivity contribution in [3.63, 3.8) is 0 Å². The summed E-state index contributed by atoms with van der Waals surface area (Å²) >= 11 is 0. The van der Waals surface area contributed by atoms with Gasteiger partial charge in [0.05, 0.1) is 26.0 Å². The van der Waals surface area contributed by atoms with E-state index in [1.807, 2.05) is 0 Å². The van der Waals surface area contributed by atoms with Gasteiger partial charge in [-0.3, -0.25) is 14.6 Å². The third-order valence-corrected chi connectivity index (χ3v) is 1.41. The van der Waals surface area contributed by atoms with E-state index < -0.39 is 0 Å². The predicted molar refractivity (Wildman–Crippen MR) is 45.3 cm³/mol. The second-order valence-corrected chi connectivity index (χ2v) is 2.25. The van der Waals surface area contributed by atoms with Gasteiger partial charge in [-0.1, -0.05) is 0 Å². The van der Waals surface area contributed by atoms with Crippen molar-refractivity contribution in [3.8, 4) is 5.75 Å². The van der Waals surface area contributed by atoms with Crippen LogP contribution in [0.4, 0.5) is 0 Å². The molecule has 0 aromatic carbocycles. The lowest BCUT2D eigenvalue weighted by molar-refractivity contribution is 0.0537. The van der Waals surface area contributed by atoms with Crippen molar-refractivity contribution in [2.75, 3.05) is 14.2 Å². The third kappa shape index (κ3) is 2.41. The Balaban J connectivity index is 2.82. The van der Waals surface area contributed by atoms with Crippen molar-refractivity contribution in [3.05, 3.63) is 24.0 Å². The van der Waals surface area contributed by atoms with E-state index >= 15 is 0 Å². The van der Waals surface area contributed by atoms with Gasteiger partial charge in [-0.15, -0.1) is 0 Å². The predicted octanol–water partition coefficient (Wildman–Crippen LogP) is 0.381. The lowest BCUT2D eigenvalue weighted by Crippen LogP contribution is -2.21. The van der Waals surface area contributed by atoms with E-state index in [-0.39, 0.29) is 5.91 Å². The molecule has 0 aliphatic carbocycles. The number of carbonyl (C=O) groups is 1. The Kier molecular flexibility index (Phi) is 3.22. The van der Waals surface area contributed by atoms with Crippen LogP contribution < -0.4 is 10.2 Å². The second kappa shape index (κ2) is 4.42. The van der Waals surface area contributed by atoms with E-state index in [0.717, 1.165) is 0 Å². The zero-order chi connectivity index (χ0) is 9.68. The lowest BCUT2D eigenvalue weighted by atomic mass is 10.3. The highest BCUT2D eigenvalue weighted by Crippen LogP contribution is 2.09. The molecule has 1 aromatic heterocycles. The van der Waals surface area contributed by atoms with Crippen LogP contribution >= 0.6 is 0 Å². The maximum Gasteiger partial charge on any atom is 0.276 e. The van der Waals surface area contributed by atoms with Crippen molar-refractivity contribution in [1.82, 2.24) is 10.5 Å². The highest BCUT2D eigenvalue weighted by atomic mass is 16.6. The Labute approximate surface area is 75.6 Å². The molecule has 0 saturated heterocycles. The lowest BCUT2D eigenvalue weighted by Gasteiger charge is -2.02. The molecule has 1 rings (SSSR count). The zero-order valence-corrected chi connectivity index (χ0v) is 7.40. The van der Waals surface area contributed by atoms with Crippen LogP contribution in [0.25, 0.3) is 0 Å². The summed E-state index contributed by atoms with van der Waals surface area (Å²) in [6.45, 7) is 0. The van der Waals surface area contributed by atoms with Crippen LogP contribution in [0.1, 0.15) is 10.4 Å². The highest BCUT2D eigenvalue weighted by Gasteiger charge is 2.05. The van der Waals surface area contributed by atoms with Crippen molar-refractivity contribution in [1.29, 1.82) is 0 Å². The van der Waals surface area contributed by atoms with Crippen LogP contribution in [0.3, 0.4) is 0 Å². The Morgan fingerprint density at radius 3 is 2.85 bits per heavy atom. The molecule has 1 heterocycles. The fourth-order valence-electron chi connectivity index (χ4n) is 0.806. The summed E-state index contributed by atoms with van der Waals surface area (Å²) in [5.41, 5.74) is 2.57. The van der Waals surface area contributed by atoms with Crippen molar-refractivity contribution in [2.45, 2.75) is 0 Å². The second-order valence-electron chi connectivity index (χ2n) is 2.25. The van der Waals surface area contributed by atoms with E-state index in [9.17, 15) is 4.79 Å². The number of carbonyl (C=O) groups excluding carboxylic acids is 1. The fraction of sp³-hybridized carbons (Fsp3) is 0.250. The molecule has 1 amide bonds. The Bertz CT molecular complexity index is 301. The van der Waals surface area contributed by atoms with Crippen LogP contribution in [-0.2, 0) is 4.84 Å². The molecule has 0 aliphatic heterocycles. The van der Waals surface area contributed by atoms with E-state index in [1.165, 1.54) is 26.6 Å². The molecule has 5 heteroatoms. The van der Waals surface area contributed by atoms with Crippen LogP contribution in [0.15, 0.2) is 18.5 Å². The summed E-state index contributed by atoms with van der Waals surface area (Å²) in [4.78, 5) is 19.5. The summed E-state index contributed by atoms with van der Waals surface area (Å²) < 4.78 is 4.90. The van der Waals surface area contributed by atoms with Gasteiger partial charge >= 0.3 is 0 Å². The van der Waals surface area contributed by atoms with Crippen molar-refractivity contribution >= 4 is 5.91 Å². The number of amides is 1. The normalized spacial score (nSPS) is 9.38. The number of hydroxylamine groups is 1. The van der Waals surface area contributed by atoms with Crippen molar-refractivity contribution in [2.24, 2.45) is 0 Å². The molecule has 1 aromatic rings. The zero-order valence-electron chi connectivity index (χ0n) is 7.40. The molecular formula is C8H10N2O3. The average molecular weight is 182 g/mol. The number of methoxy groups -OCH3 is 1. The maximum absolute atomic E-state index is 11.2. The summed E-state index contributed by atoms with van der Waals surface area (Å²) in [5.74, 6) is 0.178. The number of nitrogens with zero attached hydrogens (tertiary/aromatic N) is 1. The minimum absolute atomic E-state index is 0.353. The molecule has 0 bridgehead atoms. The summed E-state index contributed by atoms with van der Waals surface area (Å²) in [7, 11) is 2.88. The molecule has 0 atom stereocenters. The maximum atomic E-state index is 11.2. The van der Waals surface area contributed by atoms with Gasteiger partial charge in [0.2, 0.25) is 0 Å². The topological polar surface area (TPSA) is 60.5 Å². The summed E-state index contributed by atoms with van der Waals surface area (Å²) in [6.07, 6.45) is 2.94. The smallest absolute Gasteiger partial charge is 0.276 e. The van der Waals surface area contributed by atoms with Crippen LogP contribution in [-0.4, -0.2) is 25.1 Å². The number of aromatic nitrogens is 1. The van der Waals surface area contributed by atoms with Gasteiger partial charge in [-0.25, -0.2) is 5.48 Å². The van der Waals surface area contributed by atoms with Gasteiger partial charge in [-0.05, 0) is 6.07 Å². The number of ether oxygens (including phenoxy) is 1. The third-order valence-electron chi connectivity index (χ3n) is 1.41. The number of nitrogens with one attached hydrogen (secondary N) is 1. The minimum atomic E-state index is -0.353. The Morgan fingerprint density at radius 1 is 1.46 bits per heavy atom. The summed E-state index contributed by atoms with van der Waals surface area (Å²) in [6, 6.07) is 1.57. The number of hydrogen-bond acceptors (Lipinski definition) is 4. The first-order chi connectivity index (χ1) is 6.27. The molecule has 0 unspecified atom stereocenters. The molecule has 1 N–H and O–H groups in total. The van der Waals surface area contributed by atoms with Crippen LogP contribution in [0, 0.1) is 0 Å². The molecule has 0 fully saturated rings. The first-order valence-corrected chi connectivity index (χ1v) is 3.60. The van der Waals surface area contributed by atoms with Gasteiger partial charge in [0.1, 0.15) is 5.75 Å².